The van der Waals surface area contributed by atoms with Gasteiger partial charge in [0.15, 0.2) is 0 Å². The van der Waals surface area contributed by atoms with Crippen LogP contribution in [-0.4, -0.2) is 43.0 Å². The first kappa shape index (κ1) is 19.4. The number of unbranched alkanes of at least 4 members (excludes halogenated alkanes) is 2. The van der Waals surface area contributed by atoms with Crippen molar-refractivity contribution in [3.05, 3.63) is 11.8 Å². The van der Waals surface area contributed by atoms with Crippen molar-refractivity contribution in [2.24, 2.45) is 0 Å². The zero-order valence-electron chi connectivity index (χ0n) is 12.4. The largest absolute Gasteiger partial charge is 0.481 e. The fraction of sp³-hybridized carbons (Fsp3) is 0.571. The number of nitriles is 1. The Kier molecular flexibility index (Phi) is 11.9. The number of hydrogen-bond donors (Lipinski definition) is 4. The minimum atomic E-state index is -0.826. The van der Waals surface area contributed by atoms with Crippen LogP contribution in [0.1, 0.15) is 32.1 Å². The van der Waals surface area contributed by atoms with E-state index in [4.69, 9.17) is 10.4 Å². The van der Waals surface area contributed by atoms with Crippen LogP contribution < -0.4 is 16.0 Å². The van der Waals surface area contributed by atoms with E-state index in [1.54, 1.807) is 0 Å². The van der Waals surface area contributed by atoms with Gasteiger partial charge in [0.2, 0.25) is 6.41 Å². The summed E-state index contributed by atoms with van der Waals surface area (Å²) in [4.78, 5) is 32.0. The number of rotatable bonds is 13. The average Bonchev–Trinajstić information content (AvgIpc) is 2.49. The van der Waals surface area contributed by atoms with Crippen molar-refractivity contribution in [2.75, 3.05) is 19.6 Å². The van der Waals surface area contributed by atoms with E-state index in [1.165, 1.54) is 6.20 Å². The molecule has 0 rings (SSSR count). The molecule has 0 unspecified atom stereocenters. The molecule has 8 heteroatoms. The zero-order valence-corrected chi connectivity index (χ0v) is 12.4. The Balaban J connectivity index is 3.82. The van der Waals surface area contributed by atoms with Gasteiger partial charge in [-0.25, -0.2) is 0 Å². The van der Waals surface area contributed by atoms with Gasteiger partial charge in [0.25, 0.3) is 5.91 Å². The van der Waals surface area contributed by atoms with Crippen LogP contribution in [0, 0.1) is 11.3 Å². The summed E-state index contributed by atoms with van der Waals surface area (Å²) in [6.45, 7) is 1.46. The van der Waals surface area contributed by atoms with Crippen molar-refractivity contribution in [3.63, 3.8) is 0 Å². The number of carboxylic acid groups (broad SMARTS) is 1. The number of nitrogens with one attached hydrogen (secondary N) is 3. The predicted molar refractivity (Wildman–Crippen MR) is 79.5 cm³/mol. The molecule has 22 heavy (non-hydrogen) atoms. The van der Waals surface area contributed by atoms with Crippen LogP contribution >= 0.6 is 0 Å². The quantitative estimate of drug-likeness (QED) is 0.162. The first-order chi connectivity index (χ1) is 10.6. The molecular weight excluding hydrogens is 288 g/mol. The SMILES string of the molecule is N#C/C(=C/NCCCNC=O)C(=O)NCCCCCC(=O)O. The number of amides is 2. The Morgan fingerprint density at radius 2 is 1.77 bits per heavy atom. The Labute approximate surface area is 129 Å². The van der Waals surface area contributed by atoms with Crippen molar-refractivity contribution < 1.29 is 19.5 Å². The van der Waals surface area contributed by atoms with Crippen LogP contribution in [0.5, 0.6) is 0 Å². The first-order valence-electron chi connectivity index (χ1n) is 7.12. The number of nitrogens with zero attached hydrogens (tertiary/aromatic N) is 1. The summed E-state index contributed by atoms with van der Waals surface area (Å²) in [7, 11) is 0. The lowest BCUT2D eigenvalue weighted by Crippen LogP contribution is -2.27. The van der Waals surface area contributed by atoms with Crippen LogP contribution in [0.4, 0.5) is 0 Å². The van der Waals surface area contributed by atoms with Gasteiger partial charge in [-0.3, -0.25) is 14.4 Å². The van der Waals surface area contributed by atoms with E-state index in [9.17, 15) is 14.4 Å². The summed E-state index contributed by atoms with van der Waals surface area (Å²) < 4.78 is 0. The molecule has 0 aromatic heterocycles. The van der Waals surface area contributed by atoms with Crippen LogP contribution in [0.3, 0.4) is 0 Å². The fourth-order valence-corrected chi connectivity index (χ4v) is 1.55. The summed E-state index contributed by atoms with van der Waals surface area (Å²) in [5, 5.41) is 25.3. The molecule has 0 fully saturated rings. The maximum atomic E-state index is 11.7. The molecule has 122 valence electrons. The van der Waals surface area contributed by atoms with Gasteiger partial charge < -0.3 is 21.1 Å². The summed E-state index contributed by atoms with van der Waals surface area (Å²) in [5.41, 5.74) is -0.0196. The molecule has 0 bridgehead atoms. The third-order valence-corrected chi connectivity index (χ3v) is 2.69. The topological polar surface area (TPSA) is 131 Å². The standard InChI is InChI=1S/C14H22N4O4/c15-9-12(10-16-6-4-7-17-11-19)14(22)18-8-3-1-2-5-13(20)21/h10-11,16H,1-8H2,(H,17,19)(H,18,22)(H,20,21)/b12-10-. The van der Waals surface area contributed by atoms with Crippen molar-refractivity contribution in [1.29, 1.82) is 5.26 Å². The molecule has 0 aromatic carbocycles. The molecule has 0 heterocycles. The molecule has 0 spiro atoms. The maximum Gasteiger partial charge on any atom is 0.303 e. The summed E-state index contributed by atoms with van der Waals surface area (Å²) >= 11 is 0. The van der Waals surface area contributed by atoms with Gasteiger partial charge in [-0.15, -0.1) is 0 Å². The number of carboxylic acids is 1. The monoisotopic (exact) mass is 310 g/mol. The van der Waals surface area contributed by atoms with Crippen LogP contribution in [-0.2, 0) is 14.4 Å². The molecule has 0 saturated carbocycles. The van der Waals surface area contributed by atoms with Gasteiger partial charge in [-0.2, -0.15) is 5.26 Å². The number of hydrogen-bond acceptors (Lipinski definition) is 5. The fourth-order valence-electron chi connectivity index (χ4n) is 1.55. The van der Waals surface area contributed by atoms with Crippen LogP contribution in [0.25, 0.3) is 0 Å². The van der Waals surface area contributed by atoms with Crippen molar-refractivity contribution in [3.8, 4) is 6.07 Å². The van der Waals surface area contributed by atoms with E-state index < -0.39 is 11.9 Å². The maximum absolute atomic E-state index is 11.7. The van der Waals surface area contributed by atoms with E-state index in [0.717, 1.165) is 0 Å². The Bertz CT molecular complexity index is 429. The second-order valence-corrected chi connectivity index (χ2v) is 4.51. The highest BCUT2D eigenvalue weighted by Gasteiger charge is 2.07. The Hall–Kier alpha value is -2.56. The highest BCUT2D eigenvalue weighted by Crippen LogP contribution is 1.99. The minimum Gasteiger partial charge on any atom is -0.481 e. The first-order valence-corrected chi connectivity index (χ1v) is 7.12. The second-order valence-electron chi connectivity index (χ2n) is 4.51. The van der Waals surface area contributed by atoms with E-state index in [1.807, 2.05) is 6.07 Å². The highest BCUT2D eigenvalue weighted by molar-refractivity contribution is 5.97. The van der Waals surface area contributed by atoms with Crippen molar-refractivity contribution in [2.45, 2.75) is 32.1 Å². The van der Waals surface area contributed by atoms with Gasteiger partial charge in [0.1, 0.15) is 11.6 Å². The number of carbonyl (C=O) groups is 3. The van der Waals surface area contributed by atoms with Gasteiger partial charge in [0.05, 0.1) is 0 Å². The Morgan fingerprint density at radius 3 is 2.41 bits per heavy atom. The molecule has 0 aliphatic rings. The third kappa shape index (κ3) is 11.3. The molecular formula is C14H22N4O4. The molecule has 0 saturated heterocycles. The minimum absolute atomic E-state index is 0.0196. The molecule has 0 radical (unpaired) electrons. The van der Waals surface area contributed by atoms with Crippen molar-refractivity contribution in [1.82, 2.24) is 16.0 Å². The number of carbonyl (C=O) groups excluding carboxylic acids is 2. The van der Waals surface area contributed by atoms with E-state index in [0.29, 0.717) is 51.7 Å². The third-order valence-electron chi connectivity index (χ3n) is 2.69. The lowest BCUT2D eigenvalue weighted by atomic mass is 10.2. The smallest absolute Gasteiger partial charge is 0.303 e. The highest BCUT2D eigenvalue weighted by atomic mass is 16.4. The molecule has 0 aromatic rings. The molecule has 0 atom stereocenters. The summed E-state index contributed by atoms with van der Waals surface area (Å²) in [5.74, 6) is -1.28. The van der Waals surface area contributed by atoms with E-state index >= 15 is 0 Å². The van der Waals surface area contributed by atoms with Gasteiger partial charge in [-0.1, -0.05) is 6.42 Å². The lowest BCUT2D eigenvalue weighted by Gasteiger charge is -2.05. The molecule has 0 aliphatic heterocycles. The molecule has 8 nitrogen and oxygen atoms in total. The molecule has 2 amide bonds. The van der Waals surface area contributed by atoms with E-state index in [2.05, 4.69) is 16.0 Å². The van der Waals surface area contributed by atoms with Crippen molar-refractivity contribution >= 4 is 18.3 Å². The van der Waals surface area contributed by atoms with Gasteiger partial charge >= 0.3 is 5.97 Å². The summed E-state index contributed by atoms with van der Waals surface area (Å²) in [6.07, 6.45) is 4.71. The van der Waals surface area contributed by atoms with Gasteiger partial charge in [0, 0.05) is 32.3 Å². The van der Waals surface area contributed by atoms with Crippen LogP contribution in [0.15, 0.2) is 11.8 Å². The summed E-state index contributed by atoms with van der Waals surface area (Å²) in [6, 6.07) is 1.81. The van der Waals surface area contributed by atoms with Gasteiger partial charge in [-0.05, 0) is 19.3 Å². The normalized spacial score (nSPS) is 10.4. The molecule has 4 N–H and O–H groups in total. The lowest BCUT2D eigenvalue weighted by molar-refractivity contribution is -0.137. The molecule has 0 aliphatic carbocycles. The van der Waals surface area contributed by atoms with Crippen LogP contribution in [0.2, 0.25) is 0 Å². The Morgan fingerprint density at radius 1 is 1.05 bits per heavy atom. The van der Waals surface area contributed by atoms with E-state index in [-0.39, 0.29) is 12.0 Å². The number of aliphatic carboxylic acids is 1. The predicted octanol–water partition coefficient (Wildman–Crippen LogP) is -0.119. The zero-order chi connectivity index (χ0) is 16.6. The second kappa shape index (κ2) is 13.4. The average molecular weight is 310 g/mol.